The summed E-state index contributed by atoms with van der Waals surface area (Å²) >= 11 is 0. The Bertz CT molecular complexity index is 370. The van der Waals surface area contributed by atoms with Gasteiger partial charge in [0.1, 0.15) is 0 Å². The van der Waals surface area contributed by atoms with Crippen molar-refractivity contribution in [3.8, 4) is 0 Å². The summed E-state index contributed by atoms with van der Waals surface area (Å²) in [6.07, 6.45) is 5.96. The van der Waals surface area contributed by atoms with Crippen LogP contribution in [-0.2, 0) is 6.54 Å². The molecule has 1 N–H and O–H groups in total. The molecule has 2 rings (SSSR count). The number of anilines is 1. The van der Waals surface area contributed by atoms with Crippen molar-refractivity contribution in [1.29, 1.82) is 0 Å². The highest BCUT2D eigenvalue weighted by molar-refractivity contribution is 5.34. The lowest BCUT2D eigenvalue weighted by molar-refractivity contribution is 0.396. The Morgan fingerprint density at radius 3 is 3.06 bits per heavy atom. The Hall–Kier alpha value is -1.03. The molecule has 1 aliphatic heterocycles. The zero-order valence-electron chi connectivity index (χ0n) is 11.9. The Morgan fingerprint density at radius 1 is 1.50 bits per heavy atom. The SMILES string of the molecule is CCCn1cc(C)nc1N1CCCC(CNC)C1. The molecule has 102 valence electrons. The van der Waals surface area contributed by atoms with Gasteiger partial charge in [-0.25, -0.2) is 4.98 Å². The van der Waals surface area contributed by atoms with E-state index in [0.717, 1.165) is 44.2 Å². The highest BCUT2D eigenvalue weighted by Gasteiger charge is 2.22. The fourth-order valence-electron chi connectivity index (χ4n) is 2.89. The predicted octanol–water partition coefficient (Wildman–Crippen LogP) is 2.04. The molecule has 0 spiro atoms. The van der Waals surface area contributed by atoms with Crippen LogP contribution >= 0.6 is 0 Å². The van der Waals surface area contributed by atoms with E-state index in [1.807, 2.05) is 7.05 Å². The molecule has 0 amide bonds. The summed E-state index contributed by atoms with van der Waals surface area (Å²) < 4.78 is 2.32. The standard InChI is InChI=1S/C14H26N4/c1-4-7-17-10-12(2)16-14(17)18-8-5-6-13(11-18)9-15-3/h10,13,15H,4-9,11H2,1-3H3. The molecule has 2 heterocycles. The maximum absolute atomic E-state index is 4.72. The first kappa shape index (κ1) is 13.4. The summed E-state index contributed by atoms with van der Waals surface area (Å²) in [5, 5.41) is 3.30. The molecule has 0 saturated carbocycles. The van der Waals surface area contributed by atoms with E-state index in [2.05, 4.69) is 34.8 Å². The minimum Gasteiger partial charge on any atom is -0.342 e. The summed E-state index contributed by atoms with van der Waals surface area (Å²) in [6, 6.07) is 0. The molecule has 18 heavy (non-hydrogen) atoms. The number of hydrogen-bond acceptors (Lipinski definition) is 3. The monoisotopic (exact) mass is 250 g/mol. The van der Waals surface area contributed by atoms with Crippen LogP contribution in [0.4, 0.5) is 5.95 Å². The largest absolute Gasteiger partial charge is 0.342 e. The molecule has 4 heteroatoms. The third-order valence-corrected chi connectivity index (χ3v) is 3.64. The van der Waals surface area contributed by atoms with Gasteiger partial charge in [-0.05, 0) is 45.7 Å². The van der Waals surface area contributed by atoms with E-state index < -0.39 is 0 Å². The number of aryl methyl sites for hydroxylation is 2. The molecular formula is C14H26N4. The van der Waals surface area contributed by atoms with Crippen LogP contribution in [0.1, 0.15) is 31.9 Å². The van der Waals surface area contributed by atoms with Gasteiger partial charge < -0.3 is 14.8 Å². The van der Waals surface area contributed by atoms with E-state index in [4.69, 9.17) is 4.98 Å². The van der Waals surface area contributed by atoms with Crippen LogP contribution in [0, 0.1) is 12.8 Å². The molecule has 1 fully saturated rings. The summed E-state index contributed by atoms with van der Waals surface area (Å²) in [4.78, 5) is 7.18. The van der Waals surface area contributed by atoms with E-state index in [1.54, 1.807) is 0 Å². The first-order valence-corrected chi connectivity index (χ1v) is 7.18. The van der Waals surface area contributed by atoms with E-state index in [0.29, 0.717) is 0 Å². The molecule has 1 atom stereocenters. The van der Waals surface area contributed by atoms with Crippen molar-refractivity contribution in [2.75, 3.05) is 31.6 Å². The third kappa shape index (κ3) is 3.05. The normalized spacial score (nSPS) is 20.4. The number of imidazole rings is 1. The van der Waals surface area contributed by atoms with Crippen LogP contribution in [0.25, 0.3) is 0 Å². The maximum atomic E-state index is 4.72. The van der Waals surface area contributed by atoms with Crippen LogP contribution in [-0.4, -0.2) is 36.2 Å². The van der Waals surface area contributed by atoms with Crippen molar-refractivity contribution in [1.82, 2.24) is 14.9 Å². The van der Waals surface area contributed by atoms with Gasteiger partial charge in [0.2, 0.25) is 5.95 Å². The first-order valence-electron chi connectivity index (χ1n) is 7.18. The summed E-state index contributed by atoms with van der Waals surface area (Å²) in [5.41, 5.74) is 1.13. The summed E-state index contributed by atoms with van der Waals surface area (Å²) in [6.45, 7) is 8.79. The van der Waals surface area contributed by atoms with Crippen LogP contribution in [0.15, 0.2) is 6.20 Å². The predicted molar refractivity (Wildman–Crippen MR) is 76.1 cm³/mol. The van der Waals surface area contributed by atoms with Crippen molar-refractivity contribution in [2.24, 2.45) is 5.92 Å². The van der Waals surface area contributed by atoms with Crippen LogP contribution < -0.4 is 10.2 Å². The van der Waals surface area contributed by atoms with E-state index in [-0.39, 0.29) is 0 Å². The zero-order chi connectivity index (χ0) is 13.0. The van der Waals surface area contributed by atoms with Gasteiger partial charge in [-0.1, -0.05) is 6.92 Å². The summed E-state index contributed by atoms with van der Waals surface area (Å²) in [7, 11) is 2.04. The third-order valence-electron chi connectivity index (χ3n) is 3.64. The number of rotatable bonds is 5. The van der Waals surface area contributed by atoms with Gasteiger partial charge in [0.15, 0.2) is 0 Å². The lowest BCUT2D eigenvalue weighted by Crippen LogP contribution is -2.40. The van der Waals surface area contributed by atoms with Crippen molar-refractivity contribution in [2.45, 2.75) is 39.7 Å². The van der Waals surface area contributed by atoms with Gasteiger partial charge in [-0.15, -0.1) is 0 Å². The molecule has 1 aromatic heterocycles. The van der Waals surface area contributed by atoms with Gasteiger partial charge in [-0.2, -0.15) is 0 Å². The molecule has 0 aliphatic carbocycles. The molecule has 0 aromatic carbocycles. The van der Waals surface area contributed by atoms with Crippen molar-refractivity contribution in [3.05, 3.63) is 11.9 Å². The Labute approximate surface area is 110 Å². The highest BCUT2D eigenvalue weighted by Crippen LogP contribution is 2.22. The average Bonchev–Trinajstić information content (AvgIpc) is 2.72. The molecular weight excluding hydrogens is 224 g/mol. The molecule has 4 nitrogen and oxygen atoms in total. The smallest absolute Gasteiger partial charge is 0.205 e. The van der Waals surface area contributed by atoms with Crippen LogP contribution in [0.3, 0.4) is 0 Å². The fourth-order valence-corrected chi connectivity index (χ4v) is 2.89. The zero-order valence-corrected chi connectivity index (χ0v) is 11.9. The second-order valence-corrected chi connectivity index (χ2v) is 5.39. The van der Waals surface area contributed by atoms with Gasteiger partial charge in [0.05, 0.1) is 5.69 Å². The van der Waals surface area contributed by atoms with Crippen LogP contribution in [0.5, 0.6) is 0 Å². The van der Waals surface area contributed by atoms with Crippen molar-refractivity contribution in [3.63, 3.8) is 0 Å². The number of hydrogen-bond donors (Lipinski definition) is 1. The minimum atomic E-state index is 0.760. The van der Waals surface area contributed by atoms with Gasteiger partial charge >= 0.3 is 0 Å². The van der Waals surface area contributed by atoms with E-state index >= 15 is 0 Å². The molecule has 0 bridgehead atoms. The fraction of sp³-hybridized carbons (Fsp3) is 0.786. The number of aromatic nitrogens is 2. The Balaban J connectivity index is 2.09. The van der Waals surface area contributed by atoms with Crippen LogP contribution in [0.2, 0.25) is 0 Å². The highest BCUT2D eigenvalue weighted by atomic mass is 15.3. The van der Waals surface area contributed by atoms with Gasteiger partial charge in [0.25, 0.3) is 0 Å². The molecule has 1 saturated heterocycles. The second kappa shape index (κ2) is 6.23. The topological polar surface area (TPSA) is 33.1 Å². The lowest BCUT2D eigenvalue weighted by atomic mass is 9.98. The van der Waals surface area contributed by atoms with Gasteiger partial charge in [-0.3, -0.25) is 0 Å². The van der Waals surface area contributed by atoms with E-state index in [1.165, 1.54) is 18.8 Å². The maximum Gasteiger partial charge on any atom is 0.205 e. The minimum absolute atomic E-state index is 0.760. The Morgan fingerprint density at radius 2 is 2.33 bits per heavy atom. The lowest BCUT2D eigenvalue weighted by Gasteiger charge is -2.33. The quantitative estimate of drug-likeness (QED) is 0.868. The molecule has 1 aliphatic rings. The number of nitrogens with one attached hydrogen (secondary N) is 1. The average molecular weight is 250 g/mol. The first-order chi connectivity index (χ1) is 8.74. The number of piperidine rings is 1. The summed E-state index contributed by atoms with van der Waals surface area (Å²) in [5.74, 6) is 1.94. The second-order valence-electron chi connectivity index (χ2n) is 5.39. The Kier molecular flexibility index (Phi) is 4.64. The van der Waals surface area contributed by atoms with Crippen molar-refractivity contribution >= 4 is 5.95 Å². The molecule has 1 aromatic rings. The van der Waals surface area contributed by atoms with Gasteiger partial charge in [0, 0.05) is 25.8 Å². The van der Waals surface area contributed by atoms with Crippen molar-refractivity contribution < 1.29 is 0 Å². The van der Waals surface area contributed by atoms with E-state index in [9.17, 15) is 0 Å². The number of nitrogens with zero attached hydrogens (tertiary/aromatic N) is 3. The molecule has 1 unspecified atom stereocenters. The molecule has 0 radical (unpaired) electrons.